The monoisotopic (exact) mass is 287 g/mol. The number of hydrogen-bond donors (Lipinski definition) is 1. The zero-order valence-electron chi connectivity index (χ0n) is 12.0. The molecule has 0 bridgehead atoms. The Hall–Kier alpha value is -1.23. The van der Waals surface area contributed by atoms with Crippen molar-refractivity contribution in [3.63, 3.8) is 0 Å². The van der Waals surface area contributed by atoms with Gasteiger partial charge < -0.3 is 5.73 Å². The molecule has 4 heteroatoms. The molecule has 0 spiro atoms. The van der Waals surface area contributed by atoms with Gasteiger partial charge in [-0.25, -0.2) is 4.98 Å². The van der Waals surface area contributed by atoms with Gasteiger partial charge >= 0.3 is 0 Å². The van der Waals surface area contributed by atoms with Crippen LogP contribution in [-0.4, -0.2) is 22.5 Å². The smallest absolute Gasteiger partial charge is 0.114 e. The number of rotatable bonds is 3. The molecule has 1 aliphatic rings. The Balaban J connectivity index is 1.76. The van der Waals surface area contributed by atoms with Crippen LogP contribution in [0.25, 0.3) is 0 Å². The fourth-order valence-electron chi connectivity index (χ4n) is 3.01. The van der Waals surface area contributed by atoms with Crippen molar-refractivity contribution in [2.75, 3.05) is 6.54 Å². The molecule has 2 aromatic rings. The second-order valence-corrected chi connectivity index (χ2v) is 6.75. The maximum absolute atomic E-state index is 6.63. The van der Waals surface area contributed by atoms with Crippen LogP contribution in [0.15, 0.2) is 35.7 Å². The average Bonchev–Trinajstić information content (AvgIpc) is 2.97. The number of aromatic nitrogens is 1. The third-order valence-electron chi connectivity index (χ3n) is 4.04. The quantitative estimate of drug-likeness (QED) is 0.944. The molecule has 3 nitrogen and oxygen atoms in total. The van der Waals surface area contributed by atoms with Gasteiger partial charge in [0.15, 0.2) is 0 Å². The number of nitrogens with two attached hydrogens (primary N) is 1. The molecule has 3 rings (SSSR count). The number of thiazole rings is 1. The van der Waals surface area contributed by atoms with E-state index in [4.69, 9.17) is 5.73 Å². The largest absolute Gasteiger partial charge is 0.318 e. The predicted molar refractivity (Wildman–Crippen MR) is 83.6 cm³/mol. The van der Waals surface area contributed by atoms with Crippen LogP contribution < -0.4 is 5.73 Å². The minimum absolute atomic E-state index is 0.285. The molecule has 20 heavy (non-hydrogen) atoms. The molecule has 0 aliphatic carbocycles. The Morgan fingerprint density at radius 1 is 1.40 bits per heavy atom. The van der Waals surface area contributed by atoms with Gasteiger partial charge in [-0.3, -0.25) is 4.90 Å². The van der Waals surface area contributed by atoms with Crippen molar-refractivity contribution >= 4 is 11.3 Å². The van der Waals surface area contributed by atoms with Crippen molar-refractivity contribution in [3.05, 3.63) is 52.0 Å². The number of likely N-dealkylation sites (tertiary alicyclic amines) is 1. The summed E-state index contributed by atoms with van der Waals surface area (Å²) in [6.07, 6.45) is 0.979. The van der Waals surface area contributed by atoms with E-state index in [0.29, 0.717) is 6.04 Å². The van der Waals surface area contributed by atoms with Crippen LogP contribution in [0.2, 0.25) is 0 Å². The Labute approximate surface area is 124 Å². The van der Waals surface area contributed by atoms with Gasteiger partial charge in [-0.2, -0.15) is 0 Å². The van der Waals surface area contributed by atoms with Crippen LogP contribution in [-0.2, 0) is 12.1 Å². The summed E-state index contributed by atoms with van der Waals surface area (Å²) in [7, 11) is 0. The molecule has 106 valence electrons. The predicted octanol–water partition coefficient (Wildman–Crippen LogP) is 2.90. The topological polar surface area (TPSA) is 42.1 Å². The zero-order chi connectivity index (χ0) is 14.2. The molecule has 2 atom stereocenters. The van der Waals surface area contributed by atoms with Crippen LogP contribution >= 0.6 is 11.3 Å². The molecule has 2 heterocycles. The van der Waals surface area contributed by atoms with Crippen molar-refractivity contribution in [2.45, 2.75) is 38.4 Å². The number of benzene rings is 1. The zero-order valence-corrected chi connectivity index (χ0v) is 12.9. The number of nitrogens with zero attached hydrogens (tertiary/aromatic N) is 2. The normalized spacial score (nSPS) is 27.1. The first-order chi connectivity index (χ1) is 9.57. The minimum atomic E-state index is -0.285. The fourth-order valence-corrected chi connectivity index (χ4v) is 3.92. The van der Waals surface area contributed by atoms with Gasteiger partial charge in [-0.15, -0.1) is 11.3 Å². The van der Waals surface area contributed by atoms with E-state index in [1.165, 1.54) is 5.56 Å². The SMILES string of the molecule is Cc1csc(C2(N)CC(C)N(Cc3ccccc3)C2)n1. The van der Waals surface area contributed by atoms with E-state index < -0.39 is 0 Å². The lowest BCUT2D eigenvalue weighted by Crippen LogP contribution is -2.39. The first-order valence-corrected chi connectivity index (χ1v) is 7.94. The first kappa shape index (κ1) is 13.7. The van der Waals surface area contributed by atoms with E-state index in [9.17, 15) is 0 Å². The van der Waals surface area contributed by atoms with Gasteiger partial charge in [0.25, 0.3) is 0 Å². The van der Waals surface area contributed by atoms with Crippen molar-refractivity contribution in [2.24, 2.45) is 5.73 Å². The molecular formula is C16H21N3S. The molecule has 0 radical (unpaired) electrons. The van der Waals surface area contributed by atoms with E-state index in [0.717, 1.165) is 30.2 Å². The van der Waals surface area contributed by atoms with Crippen molar-refractivity contribution in [1.82, 2.24) is 9.88 Å². The van der Waals surface area contributed by atoms with Crippen LogP contribution in [0.4, 0.5) is 0 Å². The first-order valence-electron chi connectivity index (χ1n) is 7.06. The molecule has 1 aliphatic heterocycles. The molecule has 2 unspecified atom stereocenters. The van der Waals surface area contributed by atoms with E-state index >= 15 is 0 Å². The summed E-state index contributed by atoms with van der Waals surface area (Å²) >= 11 is 1.69. The summed E-state index contributed by atoms with van der Waals surface area (Å²) in [6, 6.07) is 11.1. The van der Waals surface area contributed by atoms with E-state index in [-0.39, 0.29) is 5.54 Å². The van der Waals surface area contributed by atoms with Gasteiger partial charge in [0.1, 0.15) is 5.01 Å². The highest BCUT2D eigenvalue weighted by Gasteiger charge is 2.42. The maximum atomic E-state index is 6.63. The van der Waals surface area contributed by atoms with Crippen LogP contribution in [0.1, 0.15) is 29.6 Å². The number of hydrogen-bond acceptors (Lipinski definition) is 4. The van der Waals surface area contributed by atoms with Crippen LogP contribution in [0.5, 0.6) is 0 Å². The minimum Gasteiger partial charge on any atom is -0.318 e. The Bertz CT molecular complexity index is 580. The Morgan fingerprint density at radius 2 is 2.15 bits per heavy atom. The fraction of sp³-hybridized carbons (Fsp3) is 0.438. The van der Waals surface area contributed by atoms with E-state index in [2.05, 4.69) is 52.5 Å². The lowest BCUT2D eigenvalue weighted by Gasteiger charge is -2.23. The molecule has 1 fully saturated rings. The van der Waals surface area contributed by atoms with Gasteiger partial charge in [-0.1, -0.05) is 30.3 Å². The van der Waals surface area contributed by atoms with Gasteiger partial charge in [0.2, 0.25) is 0 Å². The highest BCUT2D eigenvalue weighted by Crippen LogP contribution is 2.35. The molecular weight excluding hydrogens is 266 g/mol. The van der Waals surface area contributed by atoms with E-state index in [1.807, 2.05) is 6.92 Å². The molecule has 0 saturated carbocycles. The summed E-state index contributed by atoms with van der Waals surface area (Å²) in [5, 5.41) is 3.17. The summed E-state index contributed by atoms with van der Waals surface area (Å²) < 4.78 is 0. The lowest BCUT2D eigenvalue weighted by molar-refractivity contribution is 0.251. The van der Waals surface area contributed by atoms with E-state index in [1.54, 1.807) is 11.3 Å². The Morgan fingerprint density at radius 3 is 2.80 bits per heavy atom. The molecule has 0 amide bonds. The molecule has 2 N–H and O–H groups in total. The van der Waals surface area contributed by atoms with Crippen LogP contribution in [0.3, 0.4) is 0 Å². The summed E-state index contributed by atoms with van der Waals surface area (Å²) in [5.41, 5.74) is 8.77. The maximum Gasteiger partial charge on any atom is 0.114 e. The summed E-state index contributed by atoms with van der Waals surface area (Å²) in [4.78, 5) is 7.07. The second-order valence-electron chi connectivity index (χ2n) is 5.89. The average molecular weight is 287 g/mol. The molecule has 1 aromatic heterocycles. The van der Waals surface area contributed by atoms with Crippen molar-refractivity contribution < 1.29 is 0 Å². The van der Waals surface area contributed by atoms with Gasteiger partial charge in [0, 0.05) is 30.2 Å². The highest BCUT2D eigenvalue weighted by molar-refractivity contribution is 7.09. The lowest BCUT2D eigenvalue weighted by atomic mass is 9.99. The summed E-state index contributed by atoms with van der Waals surface area (Å²) in [6.45, 7) is 6.14. The third kappa shape index (κ3) is 2.64. The van der Waals surface area contributed by atoms with Crippen LogP contribution in [0, 0.1) is 6.92 Å². The summed E-state index contributed by atoms with van der Waals surface area (Å²) in [5.74, 6) is 0. The second kappa shape index (κ2) is 5.28. The van der Waals surface area contributed by atoms with Crippen molar-refractivity contribution in [3.8, 4) is 0 Å². The number of aryl methyl sites for hydroxylation is 1. The molecule has 1 saturated heterocycles. The Kier molecular flexibility index (Phi) is 3.63. The van der Waals surface area contributed by atoms with Gasteiger partial charge in [-0.05, 0) is 25.8 Å². The van der Waals surface area contributed by atoms with Gasteiger partial charge in [0.05, 0.1) is 5.54 Å². The van der Waals surface area contributed by atoms with Crippen molar-refractivity contribution in [1.29, 1.82) is 0 Å². The standard InChI is InChI=1S/C16H21N3S/c1-12-10-20-15(18-12)16(17)8-13(2)19(11-16)9-14-6-4-3-5-7-14/h3-7,10,13H,8-9,11,17H2,1-2H3. The highest BCUT2D eigenvalue weighted by atomic mass is 32.1. The molecule has 1 aromatic carbocycles. The third-order valence-corrected chi connectivity index (χ3v) is 5.22.